The Bertz CT molecular complexity index is 360. The summed E-state index contributed by atoms with van der Waals surface area (Å²) in [5, 5.41) is 8.35. The van der Waals surface area contributed by atoms with Gasteiger partial charge in [0.25, 0.3) is 0 Å². The number of halogens is 1. The molecule has 0 aliphatic heterocycles. The Morgan fingerprint density at radius 1 is 1.40 bits per heavy atom. The molecule has 0 aliphatic rings. The summed E-state index contributed by atoms with van der Waals surface area (Å²) in [6, 6.07) is 7.56. The third-order valence-corrected chi connectivity index (χ3v) is 2.55. The number of benzene rings is 1. The fraction of sp³-hybridized carbons (Fsp3) is 0.364. The lowest BCUT2D eigenvalue weighted by Crippen LogP contribution is -1.98. The van der Waals surface area contributed by atoms with Crippen molar-refractivity contribution in [3.8, 4) is 11.8 Å². The minimum Gasteiger partial charge on any atom is -0.492 e. The van der Waals surface area contributed by atoms with Gasteiger partial charge in [-0.3, -0.25) is 0 Å². The van der Waals surface area contributed by atoms with Crippen LogP contribution in [0.25, 0.3) is 0 Å². The number of unbranched alkanes of at least 4 members (excludes halogenated alkanes) is 2. The van der Waals surface area contributed by atoms with Gasteiger partial charge in [0.05, 0.1) is 17.1 Å². The van der Waals surface area contributed by atoms with Crippen LogP contribution in [-0.2, 0) is 0 Å². The molecule has 0 bridgehead atoms. The van der Waals surface area contributed by atoms with Crippen molar-refractivity contribution in [1.82, 2.24) is 0 Å². The Morgan fingerprint density at radius 3 is 2.93 bits per heavy atom. The van der Waals surface area contributed by atoms with E-state index in [-0.39, 0.29) is 0 Å². The SMILES string of the molecule is N#CCCCCOc1cc(N)ccc1Br. The average molecular weight is 269 g/mol. The number of nitrogens with two attached hydrogens (primary N) is 1. The first-order valence-corrected chi connectivity index (χ1v) is 5.58. The zero-order valence-corrected chi connectivity index (χ0v) is 9.96. The molecule has 1 aromatic carbocycles. The number of hydrogen-bond donors (Lipinski definition) is 1. The van der Waals surface area contributed by atoms with E-state index in [1.807, 2.05) is 12.1 Å². The highest BCUT2D eigenvalue weighted by atomic mass is 79.9. The van der Waals surface area contributed by atoms with Crippen LogP contribution in [0.2, 0.25) is 0 Å². The van der Waals surface area contributed by atoms with Crippen molar-refractivity contribution in [3.05, 3.63) is 22.7 Å². The Hall–Kier alpha value is -1.21. The second kappa shape index (κ2) is 6.31. The molecule has 80 valence electrons. The Kier molecular flexibility index (Phi) is 4.99. The van der Waals surface area contributed by atoms with Crippen molar-refractivity contribution in [1.29, 1.82) is 5.26 Å². The topological polar surface area (TPSA) is 59.0 Å². The van der Waals surface area contributed by atoms with Gasteiger partial charge in [-0.25, -0.2) is 0 Å². The third-order valence-electron chi connectivity index (χ3n) is 1.90. The summed E-state index contributed by atoms with van der Waals surface area (Å²) >= 11 is 3.38. The lowest BCUT2D eigenvalue weighted by atomic mass is 10.2. The number of nitrogen functional groups attached to an aromatic ring is 1. The van der Waals surface area contributed by atoms with E-state index in [0.29, 0.717) is 18.7 Å². The van der Waals surface area contributed by atoms with E-state index in [1.54, 1.807) is 6.07 Å². The van der Waals surface area contributed by atoms with Crippen LogP contribution < -0.4 is 10.5 Å². The molecule has 0 fully saturated rings. The quantitative estimate of drug-likeness (QED) is 0.660. The van der Waals surface area contributed by atoms with Crippen LogP contribution in [0.3, 0.4) is 0 Å². The van der Waals surface area contributed by atoms with E-state index in [9.17, 15) is 0 Å². The fourth-order valence-electron chi connectivity index (χ4n) is 1.12. The predicted molar refractivity (Wildman–Crippen MR) is 63.5 cm³/mol. The third kappa shape index (κ3) is 4.22. The molecule has 0 aromatic heterocycles. The fourth-order valence-corrected chi connectivity index (χ4v) is 1.48. The first-order chi connectivity index (χ1) is 7.24. The van der Waals surface area contributed by atoms with Crippen LogP contribution in [0.4, 0.5) is 5.69 Å². The maximum absolute atomic E-state index is 8.35. The van der Waals surface area contributed by atoms with Gasteiger partial charge in [0.1, 0.15) is 5.75 Å². The smallest absolute Gasteiger partial charge is 0.135 e. The molecule has 0 aliphatic carbocycles. The maximum Gasteiger partial charge on any atom is 0.135 e. The van der Waals surface area contributed by atoms with Crippen molar-refractivity contribution in [2.24, 2.45) is 0 Å². The highest BCUT2D eigenvalue weighted by Crippen LogP contribution is 2.27. The zero-order chi connectivity index (χ0) is 11.1. The number of ether oxygens (including phenoxy) is 1. The van der Waals surface area contributed by atoms with Gasteiger partial charge in [0, 0.05) is 18.2 Å². The largest absolute Gasteiger partial charge is 0.492 e. The number of anilines is 1. The van der Waals surface area contributed by atoms with Gasteiger partial charge in [-0.1, -0.05) is 0 Å². The van der Waals surface area contributed by atoms with E-state index in [0.717, 1.165) is 23.1 Å². The van der Waals surface area contributed by atoms with E-state index in [4.69, 9.17) is 15.7 Å². The normalized spacial score (nSPS) is 9.60. The lowest BCUT2D eigenvalue weighted by molar-refractivity contribution is 0.306. The monoisotopic (exact) mass is 268 g/mol. The molecule has 0 atom stereocenters. The van der Waals surface area contributed by atoms with E-state index in [1.165, 1.54) is 0 Å². The second-order valence-corrected chi connectivity index (χ2v) is 4.01. The molecule has 3 nitrogen and oxygen atoms in total. The molecule has 4 heteroatoms. The molecule has 15 heavy (non-hydrogen) atoms. The second-order valence-electron chi connectivity index (χ2n) is 3.15. The van der Waals surface area contributed by atoms with Crippen molar-refractivity contribution < 1.29 is 4.74 Å². The molecule has 1 rings (SSSR count). The molecule has 0 radical (unpaired) electrons. The van der Waals surface area contributed by atoms with Gasteiger partial charge in [0.15, 0.2) is 0 Å². The molecule has 0 heterocycles. The number of hydrogen-bond acceptors (Lipinski definition) is 3. The summed E-state index contributed by atoms with van der Waals surface area (Å²) in [6.07, 6.45) is 2.34. The van der Waals surface area contributed by atoms with E-state index < -0.39 is 0 Å². The summed E-state index contributed by atoms with van der Waals surface area (Å²) < 4.78 is 6.43. The maximum atomic E-state index is 8.35. The van der Waals surface area contributed by atoms with Gasteiger partial charge in [0.2, 0.25) is 0 Å². The van der Waals surface area contributed by atoms with Crippen molar-refractivity contribution >= 4 is 21.6 Å². The minimum absolute atomic E-state index is 0.585. The molecular weight excluding hydrogens is 256 g/mol. The van der Waals surface area contributed by atoms with E-state index >= 15 is 0 Å². The first kappa shape index (κ1) is 11.9. The van der Waals surface area contributed by atoms with Crippen LogP contribution in [0.15, 0.2) is 22.7 Å². The highest BCUT2D eigenvalue weighted by Gasteiger charge is 2.00. The first-order valence-electron chi connectivity index (χ1n) is 4.79. The summed E-state index contributed by atoms with van der Waals surface area (Å²) in [4.78, 5) is 0. The van der Waals surface area contributed by atoms with Crippen LogP contribution in [-0.4, -0.2) is 6.61 Å². The van der Waals surface area contributed by atoms with Crippen LogP contribution >= 0.6 is 15.9 Å². The summed E-state index contributed by atoms with van der Waals surface area (Å²) in [5.41, 5.74) is 6.32. The zero-order valence-electron chi connectivity index (χ0n) is 8.37. The summed E-state index contributed by atoms with van der Waals surface area (Å²) in [7, 11) is 0. The molecule has 0 spiro atoms. The van der Waals surface area contributed by atoms with Gasteiger partial charge in [-0.05, 0) is 40.9 Å². The number of nitriles is 1. The summed E-state index contributed by atoms with van der Waals surface area (Å²) in [6.45, 7) is 0.615. The lowest BCUT2D eigenvalue weighted by Gasteiger charge is -2.08. The van der Waals surface area contributed by atoms with Gasteiger partial charge >= 0.3 is 0 Å². The molecule has 0 unspecified atom stereocenters. The standard InChI is InChI=1S/C11H13BrN2O/c12-10-5-4-9(14)8-11(10)15-7-3-1-2-6-13/h4-5,8H,1-3,7,14H2. The van der Waals surface area contributed by atoms with Gasteiger partial charge in [-0.2, -0.15) is 5.26 Å². The molecular formula is C11H13BrN2O. The average Bonchev–Trinajstić information content (AvgIpc) is 2.23. The molecule has 2 N–H and O–H groups in total. The van der Waals surface area contributed by atoms with Crippen LogP contribution in [0.5, 0.6) is 5.75 Å². The molecule has 0 saturated heterocycles. The van der Waals surface area contributed by atoms with Gasteiger partial charge in [-0.15, -0.1) is 0 Å². The number of nitrogens with zero attached hydrogens (tertiary/aromatic N) is 1. The van der Waals surface area contributed by atoms with Gasteiger partial charge < -0.3 is 10.5 Å². The molecule has 0 saturated carbocycles. The minimum atomic E-state index is 0.585. The Balaban J connectivity index is 2.37. The molecule has 0 amide bonds. The Labute approximate surface area is 98.0 Å². The Morgan fingerprint density at radius 2 is 2.20 bits per heavy atom. The van der Waals surface area contributed by atoms with Crippen molar-refractivity contribution in [2.45, 2.75) is 19.3 Å². The van der Waals surface area contributed by atoms with Crippen LogP contribution in [0.1, 0.15) is 19.3 Å². The van der Waals surface area contributed by atoms with Crippen LogP contribution in [0, 0.1) is 11.3 Å². The number of rotatable bonds is 5. The summed E-state index contributed by atoms with van der Waals surface area (Å²) in [5.74, 6) is 0.756. The predicted octanol–water partition coefficient (Wildman–Crippen LogP) is 3.10. The molecule has 1 aromatic rings. The highest BCUT2D eigenvalue weighted by molar-refractivity contribution is 9.10. The van der Waals surface area contributed by atoms with E-state index in [2.05, 4.69) is 22.0 Å². The van der Waals surface area contributed by atoms with Crippen molar-refractivity contribution in [2.75, 3.05) is 12.3 Å². The van der Waals surface area contributed by atoms with Crippen molar-refractivity contribution in [3.63, 3.8) is 0 Å².